The zero-order valence-electron chi connectivity index (χ0n) is 12.1. The van der Waals surface area contributed by atoms with Gasteiger partial charge in [0.25, 0.3) is 0 Å². The quantitative estimate of drug-likeness (QED) is 0.430. The van der Waals surface area contributed by atoms with Gasteiger partial charge in [-0.25, -0.2) is 13.2 Å². The monoisotopic (exact) mass is 436 g/mol. The van der Waals surface area contributed by atoms with Crippen LogP contribution in [0.3, 0.4) is 0 Å². The number of methoxy groups -OCH3 is 1. The molecule has 2 aromatic rings. The summed E-state index contributed by atoms with van der Waals surface area (Å²) in [6, 6.07) is 4.01. The average molecular weight is 437 g/mol. The van der Waals surface area contributed by atoms with E-state index in [1.165, 1.54) is 37.1 Å². The Hall–Kier alpha value is -1.23. The molecule has 0 aliphatic carbocycles. The van der Waals surface area contributed by atoms with Gasteiger partial charge in [0.15, 0.2) is 0 Å². The third-order valence-corrected chi connectivity index (χ3v) is 7.90. The molecule has 0 atom stereocenters. The van der Waals surface area contributed by atoms with Crippen LogP contribution in [0.4, 0.5) is 11.4 Å². The summed E-state index contributed by atoms with van der Waals surface area (Å²) >= 11 is 5.50. The van der Waals surface area contributed by atoms with E-state index in [9.17, 15) is 13.2 Å². The van der Waals surface area contributed by atoms with Gasteiger partial charge in [0.1, 0.15) is 4.88 Å². The zero-order chi connectivity index (χ0) is 17.4. The SMILES string of the molecule is COC(=O)c1cc(S(=O)(=O)c2cc(N)c(N)c(Br)c2)c(SC)s1. The van der Waals surface area contributed by atoms with E-state index in [2.05, 4.69) is 20.7 Å². The van der Waals surface area contributed by atoms with E-state index in [0.29, 0.717) is 8.68 Å². The molecule has 0 radical (unpaired) electrons. The number of carbonyl (C=O) groups is 1. The van der Waals surface area contributed by atoms with Gasteiger partial charge in [-0.1, -0.05) is 0 Å². The molecule has 0 fully saturated rings. The van der Waals surface area contributed by atoms with Crippen LogP contribution in [-0.4, -0.2) is 27.8 Å². The highest BCUT2D eigenvalue weighted by atomic mass is 79.9. The standard InChI is InChI=1S/C13H13BrN2O4S3/c1-20-12(17)9-5-10(13(21-2)22-9)23(18,19)6-3-7(14)11(16)8(15)4-6/h3-5H,15-16H2,1-2H3. The largest absolute Gasteiger partial charge is 0.465 e. The Morgan fingerprint density at radius 3 is 2.48 bits per heavy atom. The summed E-state index contributed by atoms with van der Waals surface area (Å²) in [5, 5.41) is 0. The molecule has 0 aliphatic rings. The van der Waals surface area contributed by atoms with Gasteiger partial charge in [0, 0.05) is 4.47 Å². The molecule has 2 rings (SSSR count). The van der Waals surface area contributed by atoms with Crippen LogP contribution in [0.15, 0.2) is 36.7 Å². The maximum absolute atomic E-state index is 12.9. The Bertz CT molecular complexity index is 854. The minimum absolute atomic E-state index is 0.000547. The normalized spacial score (nSPS) is 11.4. The van der Waals surface area contributed by atoms with E-state index in [-0.39, 0.29) is 26.0 Å². The molecule has 0 unspecified atom stereocenters. The van der Waals surface area contributed by atoms with Gasteiger partial charge in [0.05, 0.1) is 32.5 Å². The van der Waals surface area contributed by atoms with Gasteiger partial charge in [-0.3, -0.25) is 0 Å². The van der Waals surface area contributed by atoms with E-state index in [4.69, 9.17) is 11.5 Å². The molecule has 0 bridgehead atoms. The van der Waals surface area contributed by atoms with Crippen molar-refractivity contribution in [3.8, 4) is 0 Å². The van der Waals surface area contributed by atoms with E-state index in [1.807, 2.05) is 0 Å². The Morgan fingerprint density at radius 2 is 1.96 bits per heavy atom. The van der Waals surface area contributed by atoms with Gasteiger partial charge in [-0.15, -0.1) is 23.1 Å². The second-order valence-electron chi connectivity index (χ2n) is 4.37. The number of thiophene rings is 1. The smallest absolute Gasteiger partial charge is 0.348 e. The molecule has 0 spiro atoms. The number of nitrogens with two attached hydrogens (primary N) is 2. The van der Waals surface area contributed by atoms with E-state index < -0.39 is 15.8 Å². The minimum atomic E-state index is -3.85. The van der Waals surface area contributed by atoms with Gasteiger partial charge < -0.3 is 16.2 Å². The highest BCUT2D eigenvalue weighted by molar-refractivity contribution is 9.10. The highest BCUT2D eigenvalue weighted by Gasteiger charge is 2.27. The number of thioether (sulfide) groups is 1. The van der Waals surface area contributed by atoms with Crippen molar-refractivity contribution in [2.45, 2.75) is 14.0 Å². The first-order valence-corrected chi connectivity index (χ1v) is 10.4. The fourth-order valence-corrected chi connectivity index (χ4v) is 6.39. The van der Waals surface area contributed by atoms with Crippen LogP contribution in [0.5, 0.6) is 0 Å². The van der Waals surface area contributed by atoms with Crippen molar-refractivity contribution in [1.29, 1.82) is 0 Å². The van der Waals surface area contributed by atoms with Gasteiger partial charge in [-0.2, -0.15) is 0 Å². The van der Waals surface area contributed by atoms with Crippen molar-refractivity contribution in [1.82, 2.24) is 0 Å². The number of esters is 1. The number of sulfone groups is 1. The average Bonchev–Trinajstić information content (AvgIpc) is 2.96. The predicted octanol–water partition coefficient (Wildman–Crippen LogP) is 3.02. The minimum Gasteiger partial charge on any atom is -0.465 e. The lowest BCUT2D eigenvalue weighted by Crippen LogP contribution is -2.05. The highest BCUT2D eigenvalue weighted by Crippen LogP contribution is 2.39. The number of anilines is 2. The third-order valence-electron chi connectivity index (χ3n) is 2.97. The summed E-state index contributed by atoms with van der Waals surface area (Å²) in [5.41, 5.74) is 11.9. The van der Waals surface area contributed by atoms with Crippen LogP contribution in [0.25, 0.3) is 0 Å². The summed E-state index contributed by atoms with van der Waals surface area (Å²) in [7, 11) is -2.61. The van der Waals surface area contributed by atoms with Crippen LogP contribution < -0.4 is 11.5 Å². The zero-order valence-corrected chi connectivity index (χ0v) is 16.2. The Kier molecular flexibility index (Phi) is 5.29. The third kappa shape index (κ3) is 3.35. The molecule has 4 N–H and O–H groups in total. The molecule has 124 valence electrons. The fraction of sp³-hybridized carbons (Fsp3) is 0.154. The Balaban J connectivity index is 2.64. The number of ether oxygens (including phenoxy) is 1. The van der Waals surface area contributed by atoms with E-state index >= 15 is 0 Å². The number of nitrogen functional groups attached to an aromatic ring is 2. The number of halogens is 1. The molecule has 6 nitrogen and oxygen atoms in total. The molecule has 10 heteroatoms. The van der Waals surface area contributed by atoms with Crippen molar-refractivity contribution in [3.63, 3.8) is 0 Å². The topological polar surface area (TPSA) is 112 Å². The molecular weight excluding hydrogens is 424 g/mol. The van der Waals surface area contributed by atoms with Crippen LogP contribution in [0, 0.1) is 0 Å². The first-order valence-electron chi connectivity index (χ1n) is 6.08. The Labute approximate surface area is 150 Å². The summed E-state index contributed by atoms with van der Waals surface area (Å²) in [4.78, 5) is 11.9. The maximum atomic E-state index is 12.9. The lowest BCUT2D eigenvalue weighted by Gasteiger charge is -2.09. The number of benzene rings is 1. The molecule has 1 aromatic carbocycles. The predicted molar refractivity (Wildman–Crippen MR) is 95.9 cm³/mol. The number of hydrogen-bond acceptors (Lipinski definition) is 8. The molecular formula is C13H13BrN2O4S3. The molecule has 0 saturated carbocycles. The van der Waals surface area contributed by atoms with E-state index in [1.54, 1.807) is 6.26 Å². The second-order valence-corrected chi connectivity index (χ2v) is 9.27. The van der Waals surface area contributed by atoms with Crippen molar-refractivity contribution in [2.24, 2.45) is 0 Å². The molecule has 1 heterocycles. The van der Waals surface area contributed by atoms with Gasteiger partial charge in [-0.05, 0) is 40.4 Å². The maximum Gasteiger partial charge on any atom is 0.348 e. The lowest BCUT2D eigenvalue weighted by atomic mass is 10.3. The molecule has 0 amide bonds. The summed E-state index contributed by atoms with van der Waals surface area (Å²) in [6.07, 6.45) is 1.74. The van der Waals surface area contributed by atoms with Crippen LogP contribution in [0.2, 0.25) is 0 Å². The van der Waals surface area contributed by atoms with Crippen molar-refractivity contribution >= 4 is 66.2 Å². The van der Waals surface area contributed by atoms with Crippen molar-refractivity contribution < 1.29 is 17.9 Å². The molecule has 1 aromatic heterocycles. The second kappa shape index (κ2) is 6.71. The Morgan fingerprint density at radius 1 is 1.30 bits per heavy atom. The number of hydrogen-bond donors (Lipinski definition) is 2. The van der Waals surface area contributed by atoms with Crippen LogP contribution >= 0.6 is 39.0 Å². The lowest BCUT2D eigenvalue weighted by molar-refractivity contribution is 0.0606. The first-order chi connectivity index (χ1) is 10.7. The molecule has 0 saturated heterocycles. The van der Waals surface area contributed by atoms with E-state index in [0.717, 1.165) is 11.3 Å². The fourth-order valence-electron chi connectivity index (χ4n) is 1.78. The van der Waals surface area contributed by atoms with Gasteiger partial charge >= 0.3 is 5.97 Å². The summed E-state index contributed by atoms with van der Waals surface area (Å²) < 4.78 is 31.3. The van der Waals surface area contributed by atoms with Crippen molar-refractivity contribution in [2.75, 3.05) is 24.8 Å². The molecule has 0 aliphatic heterocycles. The van der Waals surface area contributed by atoms with Crippen LogP contribution in [-0.2, 0) is 14.6 Å². The molecule has 23 heavy (non-hydrogen) atoms. The number of rotatable bonds is 4. The van der Waals surface area contributed by atoms with Crippen molar-refractivity contribution in [3.05, 3.63) is 27.5 Å². The van der Waals surface area contributed by atoms with Crippen LogP contribution in [0.1, 0.15) is 9.67 Å². The van der Waals surface area contributed by atoms with Gasteiger partial charge in [0.2, 0.25) is 9.84 Å². The number of carbonyl (C=O) groups excluding carboxylic acids is 1. The summed E-state index contributed by atoms with van der Waals surface area (Å²) in [6.45, 7) is 0. The summed E-state index contributed by atoms with van der Waals surface area (Å²) in [5.74, 6) is -0.579. The first kappa shape index (κ1) is 18.1.